The molecule has 0 bridgehead atoms. The smallest absolute Gasteiger partial charge is 0.116 e. The highest BCUT2D eigenvalue weighted by molar-refractivity contribution is 8.69. The van der Waals surface area contributed by atoms with Crippen LogP contribution in [0.5, 0.6) is 0 Å². The summed E-state index contributed by atoms with van der Waals surface area (Å²) in [7, 11) is 0. The summed E-state index contributed by atoms with van der Waals surface area (Å²) in [5.41, 5.74) is -1.44. The molecule has 1 nitrogen and oxygen atoms in total. The summed E-state index contributed by atoms with van der Waals surface area (Å²) in [5, 5.41) is 0. The van der Waals surface area contributed by atoms with Crippen LogP contribution >= 0.6 is 16.8 Å². The van der Waals surface area contributed by atoms with Gasteiger partial charge in [-0.15, -0.1) is 0 Å². The van der Waals surface area contributed by atoms with E-state index in [4.69, 9.17) is 16.3 Å². The van der Waals surface area contributed by atoms with Crippen molar-refractivity contribution in [2.45, 2.75) is 13.8 Å². The van der Waals surface area contributed by atoms with Gasteiger partial charge in [-0.2, -0.15) is 0 Å². The molecule has 0 heterocycles. The lowest BCUT2D eigenvalue weighted by atomic mass is 10.9. The molecule has 0 aliphatic heterocycles. The first-order valence-corrected chi connectivity index (χ1v) is 7.74. The van der Waals surface area contributed by atoms with Crippen molar-refractivity contribution in [2.24, 2.45) is 0 Å². The molecule has 0 aromatic carbocycles. The van der Waals surface area contributed by atoms with Crippen molar-refractivity contribution >= 4 is 28.7 Å². The molecule has 9 heavy (non-hydrogen) atoms. The highest BCUT2D eigenvalue weighted by Crippen LogP contribution is 2.56. The van der Waals surface area contributed by atoms with Crippen molar-refractivity contribution in [3.05, 3.63) is 0 Å². The van der Waals surface area contributed by atoms with Gasteiger partial charge in [0.15, 0.2) is 0 Å². The van der Waals surface area contributed by atoms with Gasteiger partial charge in [-0.3, -0.25) is 0 Å². The Morgan fingerprint density at radius 2 is 2.11 bits per heavy atom. The van der Waals surface area contributed by atoms with Gasteiger partial charge >= 0.3 is 0 Å². The van der Waals surface area contributed by atoms with E-state index in [9.17, 15) is 0 Å². The topological polar surface area (TPSA) is 9.23 Å². The second-order valence-corrected chi connectivity index (χ2v) is 9.89. The van der Waals surface area contributed by atoms with Crippen molar-refractivity contribution in [1.29, 1.82) is 0 Å². The second-order valence-electron chi connectivity index (χ2n) is 1.61. The first-order valence-electron chi connectivity index (χ1n) is 2.99. The van der Waals surface area contributed by atoms with Crippen molar-refractivity contribution in [3.8, 4) is 0 Å². The van der Waals surface area contributed by atoms with Gasteiger partial charge in [0.1, 0.15) is 5.47 Å². The van der Waals surface area contributed by atoms with Crippen molar-refractivity contribution < 1.29 is 4.52 Å². The number of rotatable bonds is 4. The maximum atomic E-state index is 5.36. The Kier molecular flexibility index (Phi) is 5.23. The van der Waals surface area contributed by atoms with Crippen molar-refractivity contribution in [3.63, 3.8) is 0 Å². The van der Waals surface area contributed by atoms with Gasteiger partial charge in [-0.25, -0.2) is 0 Å². The minimum absolute atomic E-state index is 0.751. The molecular formula is C5H13OPS2. The lowest BCUT2D eigenvalue weighted by Crippen LogP contribution is -1.82. The van der Waals surface area contributed by atoms with Gasteiger partial charge in [0.25, 0.3) is 0 Å². The van der Waals surface area contributed by atoms with Crippen LogP contribution < -0.4 is 0 Å². The summed E-state index contributed by atoms with van der Waals surface area (Å²) in [6.07, 6.45) is 0. The lowest BCUT2D eigenvalue weighted by Gasteiger charge is -2.13. The van der Waals surface area contributed by atoms with Gasteiger partial charge < -0.3 is 4.52 Å². The Morgan fingerprint density at radius 1 is 1.56 bits per heavy atom. The summed E-state index contributed by atoms with van der Waals surface area (Å²) in [5.74, 6) is 1.06. The quantitative estimate of drug-likeness (QED) is 0.622. The molecule has 0 saturated heterocycles. The zero-order valence-corrected chi connectivity index (χ0v) is 8.61. The molecule has 4 heteroatoms. The minimum atomic E-state index is -1.44. The predicted molar refractivity (Wildman–Crippen MR) is 50.0 cm³/mol. The molecular weight excluding hydrogens is 171 g/mol. The fourth-order valence-corrected chi connectivity index (χ4v) is 4.73. The summed E-state index contributed by atoms with van der Waals surface area (Å²) in [6.45, 7) is 6.87. The average molecular weight is 184 g/mol. The number of hydrogen-bond acceptors (Lipinski definition) is 3. The molecule has 0 rings (SSSR count). The van der Waals surface area contributed by atoms with E-state index in [1.807, 2.05) is 13.6 Å². The molecule has 0 amide bonds. The van der Waals surface area contributed by atoms with E-state index in [1.54, 1.807) is 11.4 Å². The SMILES string of the molecule is CCOP(C)(=S)SCC. The Hall–Kier alpha value is 0.960. The largest absolute Gasteiger partial charge is 0.342 e. The van der Waals surface area contributed by atoms with Gasteiger partial charge in [0, 0.05) is 6.61 Å². The predicted octanol–water partition coefficient (Wildman–Crippen LogP) is 2.72. The van der Waals surface area contributed by atoms with E-state index in [0.717, 1.165) is 12.4 Å². The maximum absolute atomic E-state index is 5.36. The number of hydrogen-bond donors (Lipinski definition) is 0. The molecule has 0 spiro atoms. The minimum Gasteiger partial charge on any atom is -0.342 e. The third-order valence-corrected chi connectivity index (χ3v) is 5.94. The second kappa shape index (κ2) is 4.73. The molecule has 1 atom stereocenters. The fourth-order valence-electron chi connectivity index (χ4n) is 0.506. The normalized spacial score (nSPS) is 17.2. The van der Waals surface area contributed by atoms with Crippen LogP contribution in [0, 0.1) is 0 Å². The van der Waals surface area contributed by atoms with Gasteiger partial charge in [-0.1, -0.05) is 30.1 Å². The third kappa shape index (κ3) is 5.41. The zero-order valence-electron chi connectivity index (χ0n) is 6.09. The van der Waals surface area contributed by atoms with Crippen LogP contribution in [0.25, 0.3) is 0 Å². The van der Waals surface area contributed by atoms with E-state index in [-0.39, 0.29) is 0 Å². The zero-order chi connectivity index (χ0) is 7.33. The summed E-state index contributed by atoms with van der Waals surface area (Å²) >= 11 is 6.96. The average Bonchev–Trinajstić information content (AvgIpc) is 1.64. The molecule has 0 aliphatic rings. The summed E-state index contributed by atoms with van der Waals surface area (Å²) in [6, 6.07) is 0. The molecule has 0 radical (unpaired) electrons. The molecule has 0 fully saturated rings. The molecule has 0 saturated carbocycles. The van der Waals surface area contributed by atoms with Gasteiger partial charge in [0.2, 0.25) is 0 Å². The third-order valence-electron chi connectivity index (χ3n) is 0.727. The van der Waals surface area contributed by atoms with Crippen LogP contribution in [-0.4, -0.2) is 19.0 Å². The van der Waals surface area contributed by atoms with Crippen molar-refractivity contribution in [1.82, 2.24) is 0 Å². The van der Waals surface area contributed by atoms with E-state index in [0.29, 0.717) is 0 Å². The molecule has 0 aromatic heterocycles. The van der Waals surface area contributed by atoms with Crippen LogP contribution in [0.4, 0.5) is 0 Å². The van der Waals surface area contributed by atoms with Crippen LogP contribution in [0.3, 0.4) is 0 Å². The van der Waals surface area contributed by atoms with Crippen LogP contribution in [-0.2, 0) is 16.3 Å². The van der Waals surface area contributed by atoms with Gasteiger partial charge in [0.05, 0.1) is 0 Å². The summed E-state index contributed by atoms with van der Waals surface area (Å²) < 4.78 is 5.36. The highest BCUT2D eigenvalue weighted by atomic mass is 32.9. The van der Waals surface area contributed by atoms with Crippen LogP contribution in [0.1, 0.15) is 13.8 Å². The van der Waals surface area contributed by atoms with E-state index in [1.165, 1.54) is 0 Å². The Bertz CT molecular complexity index is 106. The summed E-state index contributed by atoms with van der Waals surface area (Å²) in [4.78, 5) is 0. The molecule has 0 aromatic rings. The maximum Gasteiger partial charge on any atom is 0.116 e. The first kappa shape index (κ1) is 9.96. The van der Waals surface area contributed by atoms with E-state index < -0.39 is 5.47 Å². The van der Waals surface area contributed by atoms with E-state index in [2.05, 4.69) is 6.92 Å². The molecule has 1 unspecified atom stereocenters. The van der Waals surface area contributed by atoms with E-state index >= 15 is 0 Å². The Balaban J connectivity index is 3.58. The first-order chi connectivity index (χ1) is 4.12. The Morgan fingerprint density at radius 3 is 2.44 bits per heavy atom. The molecule has 0 aliphatic carbocycles. The van der Waals surface area contributed by atoms with Crippen LogP contribution in [0.2, 0.25) is 0 Å². The fraction of sp³-hybridized carbons (Fsp3) is 1.00. The standard InChI is InChI=1S/C5H13OPS2/c1-4-6-7(3,8)9-5-2/h4-5H2,1-3H3. The van der Waals surface area contributed by atoms with Crippen LogP contribution in [0.15, 0.2) is 0 Å². The lowest BCUT2D eigenvalue weighted by molar-refractivity contribution is 0.388. The highest BCUT2D eigenvalue weighted by Gasteiger charge is 2.06. The monoisotopic (exact) mass is 184 g/mol. The Labute approximate surface area is 66.4 Å². The molecule has 56 valence electrons. The molecule has 0 N–H and O–H groups in total. The van der Waals surface area contributed by atoms with Crippen molar-refractivity contribution in [2.75, 3.05) is 19.0 Å². The van der Waals surface area contributed by atoms with Gasteiger partial charge in [-0.05, 0) is 19.3 Å².